The topological polar surface area (TPSA) is 51.1 Å². The van der Waals surface area contributed by atoms with Crippen LogP contribution in [-0.4, -0.2) is 28.6 Å². The first-order valence-corrected chi connectivity index (χ1v) is 6.86. The van der Waals surface area contributed by atoms with Gasteiger partial charge in [0.25, 0.3) is 0 Å². The predicted molar refractivity (Wildman–Crippen MR) is 79.2 cm³/mol. The highest BCUT2D eigenvalue weighted by Crippen LogP contribution is 2.16. The minimum Gasteiger partial charge on any atom is -0.463 e. The normalized spacial score (nSPS) is 10.3. The van der Waals surface area contributed by atoms with Gasteiger partial charge in [0.2, 0.25) is 11.2 Å². The molecule has 0 radical (unpaired) electrons. The van der Waals surface area contributed by atoms with Crippen LogP contribution in [0.25, 0.3) is 0 Å². The summed E-state index contributed by atoms with van der Waals surface area (Å²) >= 11 is 5.91. The molecule has 0 fully saturated rings. The van der Waals surface area contributed by atoms with E-state index >= 15 is 0 Å². The summed E-state index contributed by atoms with van der Waals surface area (Å²) in [6.45, 7) is 3.27. The number of benzene rings is 1. The summed E-state index contributed by atoms with van der Waals surface area (Å²) in [4.78, 5) is 14.3. The van der Waals surface area contributed by atoms with E-state index in [1.54, 1.807) is 0 Å². The molecule has 0 atom stereocenters. The zero-order chi connectivity index (χ0) is 14.4. The fourth-order valence-corrected chi connectivity index (χ4v) is 1.83. The van der Waals surface area contributed by atoms with Crippen LogP contribution in [-0.2, 0) is 6.54 Å². The maximum absolute atomic E-state index is 5.91. The Labute approximate surface area is 123 Å². The summed E-state index contributed by atoms with van der Waals surface area (Å²) in [6, 6.07) is 10.3. The molecule has 2 rings (SSSR count). The van der Waals surface area contributed by atoms with Crippen molar-refractivity contribution >= 4 is 17.5 Å². The highest BCUT2D eigenvalue weighted by molar-refractivity contribution is 6.28. The molecule has 0 bridgehead atoms. The van der Waals surface area contributed by atoms with Crippen molar-refractivity contribution in [1.29, 1.82) is 0 Å². The number of aromatic nitrogens is 3. The van der Waals surface area contributed by atoms with Gasteiger partial charge in [-0.2, -0.15) is 15.0 Å². The number of ether oxygens (including phenoxy) is 1. The predicted octanol–water partition coefficient (Wildman–Crippen LogP) is 2.95. The van der Waals surface area contributed by atoms with Crippen LogP contribution in [0.15, 0.2) is 30.3 Å². The molecule has 1 aromatic heterocycles. The second kappa shape index (κ2) is 7.05. The molecule has 0 aliphatic heterocycles. The van der Waals surface area contributed by atoms with Crippen molar-refractivity contribution in [3.05, 3.63) is 41.2 Å². The number of nitrogens with zero attached hydrogens (tertiary/aromatic N) is 4. The van der Waals surface area contributed by atoms with E-state index in [0.29, 0.717) is 19.1 Å². The van der Waals surface area contributed by atoms with Crippen LogP contribution in [0.2, 0.25) is 5.28 Å². The fourth-order valence-electron chi connectivity index (χ4n) is 1.68. The largest absolute Gasteiger partial charge is 0.463 e. The molecule has 106 valence electrons. The average Bonchev–Trinajstić information content (AvgIpc) is 2.45. The molecule has 1 heterocycles. The molecule has 6 heteroatoms. The molecule has 20 heavy (non-hydrogen) atoms. The molecule has 0 spiro atoms. The first-order chi connectivity index (χ1) is 9.69. The van der Waals surface area contributed by atoms with Crippen LogP contribution >= 0.6 is 11.6 Å². The molecular weight excluding hydrogens is 276 g/mol. The van der Waals surface area contributed by atoms with Crippen LogP contribution in [0.4, 0.5) is 5.95 Å². The second-order valence-electron chi connectivity index (χ2n) is 4.38. The molecule has 0 unspecified atom stereocenters. The summed E-state index contributed by atoms with van der Waals surface area (Å²) < 4.78 is 5.40. The number of anilines is 1. The standard InChI is InChI=1S/C14H17ClN4O/c1-3-9-20-14-17-12(15)16-13(18-14)19(2)10-11-7-5-4-6-8-11/h4-8H,3,9-10H2,1-2H3. The van der Waals surface area contributed by atoms with Crippen LogP contribution in [0.5, 0.6) is 6.01 Å². The van der Waals surface area contributed by atoms with Crippen molar-refractivity contribution < 1.29 is 4.74 Å². The van der Waals surface area contributed by atoms with Gasteiger partial charge in [-0.05, 0) is 23.6 Å². The van der Waals surface area contributed by atoms with Crippen LogP contribution < -0.4 is 9.64 Å². The summed E-state index contributed by atoms with van der Waals surface area (Å²) in [5.74, 6) is 0.500. The lowest BCUT2D eigenvalue weighted by Gasteiger charge is -2.17. The zero-order valence-corrected chi connectivity index (χ0v) is 12.3. The molecule has 0 saturated carbocycles. The fraction of sp³-hybridized carbons (Fsp3) is 0.357. The monoisotopic (exact) mass is 292 g/mol. The van der Waals surface area contributed by atoms with E-state index in [1.807, 2.05) is 49.2 Å². The second-order valence-corrected chi connectivity index (χ2v) is 4.72. The summed E-state index contributed by atoms with van der Waals surface area (Å²) in [7, 11) is 1.91. The van der Waals surface area contributed by atoms with Gasteiger partial charge in [0.1, 0.15) is 0 Å². The number of hydrogen-bond acceptors (Lipinski definition) is 5. The smallest absolute Gasteiger partial charge is 0.322 e. The lowest BCUT2D eigenvalue weighted by atomic mass is 10.2. The van der Waals surface area contributed by atoms with E-state index in [9.17, 15) is 0 Å². The van der Waals surface area contributed by atoms with Gasteiger partial charge in [0, 0.05) is 13.6 Å². The van der Waals surface area contributed by atoms with Crippen molar-refractivity contribution in [2.45, 2.75) is 19.9 Å². The van der Waals surface area contributed by atoms with Gasteiger partial charge in [-0.15, -0.1) is 0 Å². The van der Waals surface area contributed by atoms with Gasteiger partial charge in [-0.25, -0.2) is 0 Å². The van der Waals surface area contributed by atoms with Gasteiger partial charge >= 0.3 is 6.01 Å². The minimum atomic E-state index is 0.140. The Morgan fingerprint density at radius 3 is 2.60 bits per heavy atom. The Bertz CT molecular complexity index is 550. The Morgan fingerprint density at radius 1 is 1.15 bits per heavy atom. The summed E-state index contributed by atoms with van der Waals surface area (Å²) in [5, 5.41) is 0.140. The van der Waals surface area contributed by atoms with Gasteiger partial charge in [-0.1, -0.05) is 37.3 Å². The maximum Gasteiger partial charge on any atom is 0.322 e. The van der Waals surface area contributed by atoms with E-state index in [0.717, 1.165) is 6.42 Å². The average molecular weight is 293 g/mol. The molecule has 2 aromatic rings. The highest BCUT2D eigenvalue weighted by atomic mass is 35.5. The number of halogens is 1. The van der Waals surface area contributed by atoms with Crippen LogP contribution in [0, 0.1) is 0 Å². The van der Waals surface area contributed by atoms with Gasteiger partial charge in [0.05, 0.1) is 6.61 Å². The third-order valence-electron chi connectivity index (χ3n) is 2.62. The Morgan fingerprint density at radius 2 is 1.90 bits per heavy atom. The van der Waals surface area contributed by atoms with E-state index < -0.39 is 0 Å². The molecule has 0 amide bonds. The molecule has 0 N–H and O–H groups in total. The van der Waals surface area contributed by atoms with Gasteiger partial charge < -0.3 is 9.64 Å². The molecule has 0 aliphatic rings. The highest BCUT2D eigenvalue weighted by Gasteiger charge is 2.10. The third-order valence-corrected chi connectivity index (χ3v) is 2.78. The van der Waals surface area contributed by atoms with Crippen LogP contribution in [0.3, 0.4) is 0 Å². The van der Waals surface area contributed by atoms with E-state index in [2.05, 4.69) is 15.0 Å². The Balaban J connectivity index is 2.12. The van der Waals surface area contributed by atoms with Crippen molar-refractivity contribution in [1.82, 2.24) is 15.0 Å². The lowest BCUT2D eigenvalue weighted by Crippen LogP contribution is -2.20. The lowest BCUT2D eigenvalue weighted by molar-refractivity contribution is 0.291. The van der Waals surface area contributed by atoms with E-state index in [-0.39, 0.29) is 11.3 Å². The Kier molecular flexibility index (Phi) is 5.12. The molecule has 1 aromatic carbocycles. The quantitative estimate of drug-likeness (QED) is 0.819. The van der Waals surface area contributed by atoms with Crippen molar-refractivity contribution in [2.24, 2.45) is 0 Å². The van der Waals surface area contributed by atoms with Gasteiger partial charge in [0.15, 0.2) is 0 Å². The molecule has 5 nitrogen and oxygen atoms in total. The number of rotatable bonds is 6. The van der Waals surface area contributed by atoms with Gasteiger partial charge in [-0.3, -0.25) is 0 Å². The van der Waals surface area contributed by atoms with E-state index in [1.165, 1.54) is 5.56 Å². The van der Waals surface area contributed by atoms with Crippen molar-refractivity contribution in [2.75, 3.05) is 18.6 Å². The Hall–Kier alpha value is -1.88. The SMILES string of the molecule is CCCOc1nc(Cl)nc(N(C)Cc2ccccc2)n1. The zero-order valence-electron chi connectivity index (χ0n) is 11.6. The van der Waals surface area contributed by atoms with Crippen molar-refractivity contribution in [3.63, 3.8) is 0 Å². The number of hydrogen-bond donors (Lipinski definition) is 0. The first-order valence-electron chi connectivity index (χ1n) is 6.48. The minimum absolute atomic E-state index is 0.140. The van der Waals surface area contributed by atoms with Crippen molar-refractivity contribution in [3.8, 4) is 6.01 Å². The van der Waals surface area contributed by atoms with Crippen LogP contribution in [0.1, 0.15) is 18.9 Å². The molecule has 0 aliphatic carbocycles. The summed E-state index contributed by atoms with van der Waals surface area (Å²) in [6.07, 6.45) is 0.887. The maximum atomic E-state index is 5.91. The third kappa shape index (κ3) is 4.06. The first kappa shape index (κ1) is 14.5. The van der Waals surface area contributed by atoms with E-state index in [4.69, 9.17) is 16.3 Å². The molecular formula is C14H17ClN4O. The summed E-state index contributed by atoms with van der Waals surface area (Å²) in [5.41, 5.74) is 1.17. The molecule has 0 saturated heterocycles.